The van der Waals surface area contributed by atoms with Gasteiger partial charge >= 0.3 is 0 Å². The average molecular weight is 226 g/mol. The first-order chi connectivity index (χ1) is 7.29. The molecule has 3 heteroatoms. The molecule has 0 spiro atoms. The number of fused-ring (bicyclic) bond motifs is 1. The molecule has 2 aliphatic carbocycles. The molecule has 1 unspecified atom stereocenters. The van der Waals surface area contributed by atoms with Crippen LogP contribution in [0.1, 0.15) is 32.1 Å². The topological polar surface area (TPSA) is 29.1 Å². The highest BCUT2D eigenvalue weighted by molar-refractivity contribution is 6.18. The minimum atomic E-state index is 0.0181. The summed E-state index contributed by atoms with van der Waals surface area (Å²) < 4.78 is 0. The molecule has 1 saturated carbocycles. The summed E-state index contributed by atoms with van der Waals surface area (Å²) in [7, 11) is 0. The lowest BCUT2D eigenvalue weighted by atomic mass is 9.93. The monoisotopic (exact) mass is 225 g/mol. The molecule has 82 valence electrons. The maximum absolute atomic E-state index is 11.3. The molecule has 1 fully saturated rings. The van der Waals surface area contributed by atoms with Gasteiger partial charge in [-0.25, -0.2) is 0 Å². The Morgan fingerprint density at radius 3 is 3.27 bits per heavy atom. The molecule has 0 aliphatic heterocycles. The normalized spacial score (nSPS) is 24.2. The van der Waals surface area contributed by atoms with Crippen molar-refractivity contribution >= 4 is 17.5 Å². The van der Waals surface area contributed by atoms with Crippen molar-refractivity contribution in [1.82, 2.24) is 5.32 Å². The number of hydrogen-bond donors (Lipinski definition) is 1. The number of rotatable bonds is 3. The van der Waals surface area contributed by atoms with Crippen molar-refractivity contribution in [3.63, 3.8) is 0 Å². The highest BCUT2D eigenvalue weighted by Gasteiger charge is 2.23. The zero-order valence-electron chi connectivity index (χ0n) is 8.76. The maximum Gasteiger partial charge on any atom is 0.225 e. The number of allylic oxidation sites excluding steroid dienone is 3. The second-order valence-corrected chi connectivity index (χ2v) is 4.57. The van der Waals surface area contributed by atoms with Gasteiger partial charge in [0, 0.05) is 18.0 Å². The van der Waals surface area contributed by atoms with Gasteiger partial charge in [0.2, 0.25) is 5.91 Å². The van der Waals surface area contributed by atoms with Crippen molar-refractivity contribution in [2.24, 2.45) is 5.92 Å². The molecule has 0 aromatic rings. The van der Waals surface area contributed by atoms with Gasteiger partial charge in [0.25, 0.3) is 0 Å². The number of halogens is 1. The van der Waals surface area contributed by atoms with Crippen LogP contribution in [-0.4, -0.2) is 11.8 Å². The summed E-state index contributed by atoms with van der Waals surface area (Å²) in [6, 6.07) is 0. The minimum Gasteiger partial charge on any atom is -0.326 e. The van der Waals surface area contributed by atoms with Crippen molar-refractivity contribution in [1.29, 1.82) is 0 Å². The number of carbonyl (C=O) groups excluding carboxylic acids is 1. The molecule has 2 aliphatic rings. The summed E-state index contributed by atoms with van der Waals surface area (Å²) in [5.74, 6) is 1.15. The van der Waals surface area contributed by atoms with Crippen molar-refractivity contribution < 1.29 is 4.79 Å². The van der Waals surface area contributed by atoms with Crippen LogP contribution in [0.25, 0.3) is 0 Å². The van der Waals surface area contributed by atoms with E-state index < -0.39 is 0 Å². The van der Waals surface area contributed by atoms with Crippen LogP contribution in [0, 0.1) is 5.92 Å². The lowest BCUT2D eigenvalue weighted by Crippen LogP contribution is -2.23. The molecule has 0 radical (unpaired) electrons. The predicted octanol–water partition coefficient (Wildman–Crippen LogP) is 2.75. The summed E-state index contributed by atoms with van der Waals surface area (Å²) in [6.07, 6.45) is 9.57. The number of carbonyl (C=O) groups is 1. The van der Waals surface area contributed by atoms with Crippen molar-refractivity contribution in [2.75, 3.05) is 5.88 Å². The zero-order valence-corrected chi connectivity index (χ0v) is 9.52. The average Bonchev–Trinajstić information content (AvgIpc) is 2.65. The van der Waals surface area contributed by atoms with Gasteiger partial charge in [-0.3, -0.25) is 4.79 Å². The summed E-state index contributed by atoms with van der Waals surface area (Å²) in [5.41, 5.74) is 2.48. The Morgan fingerprint density at radius 1 is 1.60 bits per heavy atom. The van der Waals surface area contributed by atoms with Gasteiger partial charge in [0.1, 0.15) is 0 Å². The third-order valence-corrected chi connectivity index (χ3v) is 3.30. The first-order valence-corrected chi connectivity index (χ1v) is 6.09. The van der Waals surface area contributed by atoms with E-state index in [1.54, 1.807) is 0 Å². The highest BCUT2D eigenvalue weighted by atomic mass is 35.5. The van der Waals surface area contributed by atoms with Crippen LogP contribution in [0.15, 0.2) is 23.4 Å². The fourth-order valence-corrected chi connectivity index (χ4v) is 2.50. The Kier molecular flexibility index (Phi) is 3.47. The van der Waals surface area contributed by atoms with Crippen LogP contribution in [0.2, 0.25) is 0 Å². The quantitative estimate of drug-likeness (QED) is 0.736. The molecular weight excluding hydrogens is 210 g/mol. The molecule has 2 rings (SSSR count). The van der Waals surface area contributed by atoms with Gasteiger partial charge in [-0.05, 0) is 37.7 Å². The second-order valence-electron chi connectivity index (χ2n) is 4.19. The predicted molar refractivity (Wildman–Crippen MR) is 61.6 cm³/mol. The van der Waals surface area contributed by atoms with E-state index in [1.807, 2.05) is 0 Å². The number of amides is 1. The van der Waals surface area contributed by atoms with Crippen molar-refractivity contribution in [3.05, 3.63) is 23.4 Å². The standard InChI is InChI=1S/C12H16ClNO/c13-7-6-12(15)14-11-5-4-9-2-1-3-10(9)8-11/h5,8-9H,1-4,6-7H2,(H,14,15). The van der Waals surface area contributed by atoms with E-state index in [0.29, 0.717) is 12.3 Å². The molecule has 15 heavy (non-hydrogen) atoms. The van der Waals surface area contributed by atoms with E-state index in [4.69, 9.17) is 11.6 Å². The van der Waals surface area contributed by atoms with E-state index in [9.17, 15) is 4.79 Å². The number of hydrogen-bond acceptors (Lipinski definition) is 1. The van der Waals surface area contributed by atoms with Crippen LogP contribution in [0.3, 0.4) is 0 Å². The Morgan fingerprint density at radius 2 is 2.47 bits per heavy atom. The molecule has 1 atom stereocenters. The van der Waals surface area contributed by atoms with E-state index in [0.717, 1.165) is 18.0 Å². The molecule has 1 amide bonds. The van der Waals surface area contributed by atoms with Gasteiger partial charge in [-0.2, -0.15) is 0 Å². The largest absolute Gasteiger partial charge is 0.326 e. The smallest absolute Gasteiger partial charge is 0.225 e. The summed E-state index contributed by atoms with van der Waals surface area (Å²) in [4.78, 5) is 11.3. The van der Waals surface area contributed by atoms with Gasteiger partial charge < -0.3 is 5.32 Å². The lowest BCUT2D eigenvalue weighted by Gasteiger charge is -2.17. The molecule has 0 aromatic carbocycles. The van der Waals surface area contributed by atoms with Crippen LogP contribution < -0.4 is 5.32 Å². The van der Waals surface area contributed by atoms with E-state index >= 15 is 0 Å². The summed E-state index contributed by atoms with van der Waals surface area (Å²) in [5, 5.41) is 2.89. The molecular formula is C12H16ClNO. The number of nitrogens with one attached hydrogen (secondary N) is 1. The molecule has 1 N–H and O–H groups in total. The lowest BCUT2D eigenvalue weighted by molar-refractivity contribution is -0.119. The first-order valence-electron chi connectivity index (χ1n) is 5.56. The fraction of sp³-hybridized carbons (Fsp3) is 0.583. The van der Waals surface area contributed by atoms with E-state index in [2.05, 4.69) is 17.5 Å². The van der Waals surface area contributed by atoms with Crippen LogP contribution >= 0.6 is 11.6 Å². The highest BCUT2D eigenvalue weighted by Crippen LogP contribution is 2.36. The van der Waals surface area contributed by atoms with E-state index in [-0.39, 0.29) is 5.91 Å². The van der Waals surface area contributed by atoms with Crippen LogP contribution in [-0.2, 0) is 4.79 Å². The molecule has 0 bridgehead atoms. The SMILES string of the molecule is O=C(CCCl)NC1=CCC2CCCC2=C1. The van der Waals surface area contributed by atoms with Crippen molar-refractivity contribution in [2.45, 2.75) is 32.1 Å². The molecule has 0 heterocycles. The Labute approximate surface area is 95.4 Å². The first kappa shape index (κ1) is 10.7. The maximum atomic E-state index is 11.3. The fourth-order valence-electron chi connectivity index (χ4n) is 2.33. The molecule has 2 nitrogen and oxygen atoms in total. The number of alkyl halides is 1. The Bertz CT molecular complexity index is 320. The Balaban J connectivity index is 1.94. The third kappa shape index (κ3) is 2.63. The van der Waals surface area contributed by atoms with Gasteiger partial charge in [-0.15, -0.1) is 11.6 Å². The van der Waals surface area contributed by atoms with E-state index in [1.165, 1.54) is 24.8 Å². The Hall–Kier alpha value is -0.760. The molecule has 0 saturated heterocycles. The third-order valence-electron chi connectivity index (χ3n) is 3.11. The summed E-state index contributed by atoms with van der Waals surface area (Å²) >= 11 is 5.51. The molecule has 0 aromatic heterocycles. The van der Waals surface area contributed by atoms with Gasteiger partial charge in [0.05, 0.1) is 0 Å². The van der Waals surface area contributed by atoms with Crippen LogP contribution in [0.4, 0.5) is 0 Å². The van der Waals surface area contributed by atoms with Gasteiger partial charge in [-0.1, -0.05) is 11.6 Å². The second kappa shape index (κ2) is 4.84. The van der Waals surface area contributed by atoms with Crippen LogP contribution in [0.5, 0.6) is 0 Å². The minimum absolute atomic E-state index is 0.0181. The van der Waals surface area contributed by atoms with Gasteiger partial charge in [0.15, 0.2) is 0 Å². The zero-order chi connectivity index (χ0) is 10.7. The summed E-state index contributed by atoms with van der Waals surface area (Å²) in [6.45, 7) is 0. The van der Waals surface area contributed by atoms with Crippen molar-refractivity contribution in [3.8, 4) is 0 Å².